The van der Waals surface area contributed by atoms with Gasteiger partial charge in [0.25, 0.3) is 0 Å². The van der Waals surface area contributed by atoms with Gasteiger partial charge < -0.3 is 0 Å². The first-order valence-corrected chi connectivity index (χ1v) is 20.0. The zero-order valence-corrected chi connectivity index (χ0v) is 30.3. The van der Waals surface area contributed by atoms with Crippen molar-refractivity contribution in [1.82, 2.24) is 0 Å². The molecule has 5 rings (SSSR count). The fourth-order valence-corrected chi connectivity index (χ4v) is 18.0. The summed E-state index contributed by atoms with van der Waals surface area (Å²) in [6, 6.07) is 26.0. The third kappa shape index (κ3) is 5.53. The molecule has 0 aliphatic carbocycles. The molecule has 0 fully saturated rings. The van der Waals surface area contributed by atoms with Crippen molar-refractivity contribution >= 4 is 42.3 Å². The van der Waals surface area contributed by atoms with E-state index in [4.69, 9.17) is 0 Å². The quantitative estimate of drug-likeness (QED) is 0.135. The summed E-state index contributed by atoms with van der Waals surface area (Å²) in [6.07, 6.45) is 2.32. The van der Waals surface area contributed by atoms with Gasteiger partial charge >= 0.3 is 257 Å². The average molecular weight is 737 g/mol. The number of nitrogens with zero attached hydrogens (tertiary/aromatic N) is 1. The molecule has 1 aromatic heterocycles. The van der Waals surface area contributed by atoms with E-state index >= 15 is 0 Å². The van der Waals surface area contributed by atoms with E-state index in [1.807, 2.05) is 0 Å². The Kier molecular flexibility index (Phi) is 8.04. The van der Waals surface area contributed by atoms with Gasteiger partial charge in [-0.2, -0.15) is 0 Å². The second-order valence-corrected chi connectivity index (χ2v) is 21.2. The van der Waals surface area contributed by atoms with Gasteiger partial charge in [0, 0.05) is 0 Å². The van der Waals surface area contributed by atoms with Crippen molar-refractivity contribution in [2.75, 3.05) is 0 Å². The minimum atomic E-state index is -2.72. The Morgan fingerprint density at radius 1 is 0.610 bits per heavy atom. The molecule has 0 amide bonds. The minimum absolute atomic E-state index is 0.0475. The van der Waals surface area contributed by atoms with Gasteiger partial charge in [0.2, 0.25) is 0 Å². The Hall–Kier alpha value is -2.83. The Labute approximate surface area is 256 Å². The van der Waals surface area contributed by atoms with Crippen molar-refractivity contribution in [3.63, 3.8) is 0 Å². The van der Waals surface area contributed by atoms with Crippen LogP contribution in [-0.4, -0.2) is 21.8 Å². The number of aromatic nitrogens is 1. The van der Waals surface area contributed by atoms with Crippen molar-refractivity contribution < 1.29 is 4.57 Å². The molecular weight excluding hydrogens is 691 g/mol. The van der Waals surface area contributed by atoms with Crippen LogP contribution in [0.25, 0.3) is 22.0 Å². The van der Waals surface area contributed by atoms with E-state index in [2.05, 4.69) is 154 Å². The summed E-state index contributed by atoms with van der Waals surface area (Å²) >= 11 is -2.72. The molecule has 1 heterocycles. The van der Waals surface area contributed by atoms with Crippen molar-refractivity contribution in [2.24, 2.45) is 7.05 Å². The number of benzene rings is 4. The molecule has 0 spiro atoms. The van der Waals surface area contributed by atoms with E-state index in [1.54, 1.807) is 9.81 Å². The second kappa shape index (κ2) is 11.1. The van der Waals surface area contributed by atoms with Crippen LogP contribution in [0, 0.1) is 48.5 Å². The van der Waals surface area contributed by atoms with E-state index in [9.17, 15) is 0 Å². The first-order chi connectivity index (χ1) is 19.3. The molecule has 4 aromatic carbocycles. The molecule has 0 bridgehead atoms. The Bertz CT molecular complexity index is 1700. The van der Waals surface area contributed by atoms with Crippen LogP contribution in [0.4, 0.5) is 0 Å². The summed E-state index contributed by atoms with van der Waals surface area (Å²) in [6.45, 7) is 23.1. The summed E-state index contributed by atoms with van der Waals surface area (Å²) in [7, 11) is 2.21. The van der Waals surface area contributed by atoms with Crippen molar-refractivity contribution in [1.29, 1.82) is 0 Å². The van der Waals surface area contributed by atoms with Crippen LogP contribution in [0.15, 0.2) is 72.9 Å². The summed E-state index contributed by atoms with van der Waals surface area (Å²) in [5.41, 5.74) is 14.0. The molecule has 0 radical (unpaired) electrons. The topological polar surface area (TPSA) is 3.88 Å². The molecule has 2 heteroatoms. The molecule has 0 saturated carbocycles. The van der Waals surface area contributed by atoms with E-state index in [0.717, 1.165) is 0 Å². The number of hydrogen-bond donors (Lipinski definition) is 0. The Balaban J connectivity index is 1.84. The van der Waals surface area contributed by atoms with Crippen LogP contribution in [0.3, 0.4) is 0 Å². The maximum absolute atomic E-state index is 2.72. The van der Waals surface area contributed by atoms with Gasteiger partial charge in [-0.15, -0.1) is 0 Å². The van der Waals surface area contributed by atoms with Crippen LogP contribution in [0.5, 0.6) is 0 Å². The first kappa shape index (κ1) is 29.7. The van der Waals surface area contributed by atoms with Gasteiger partial charge in [0.1, 0.15) is 0 Å². The number of fused-ring (bicyclic) bond motifs is 1. The molecule has 0 aliphatic rings. The van der Waals surface area contributed by atoms with Crippen LogP contribution in [-0.2, 0) is 12.5 Å². The molecular formula is C39H45BiN+. The van der Waals surface area contributed by atoms with Crippen LogP contribution in [0.2, 0.25) is 0 Å². The number of pyridine rings is 1. The van der Waals surface area contributed by atoms with Crippen LogP contribution in [0.1, 0.15) is 65.3 Å². The molecule has 41 heavy (non-hydrogen) atoms. The van der Waals surface area contributed by atoms with Gasteiger partial charge in [-0.1, -0.05) is 0 Å². The molecule has 0 atom stereocenters. The van der Waals surface area contributed by atoms with Crippen molar-refractivity contribution in [3.05, 3.63) is 117 Å². The van der Waals surface area contributed by atoms with Gasteiger partial charge in [-0.25, -0.2) is 0 Å². The molecule has 0 N–H and O–H groups in total. The fraction of sp³-hybridized carbons (Fsp3) is 0.308. The third-order valence-corrected chi connectivity index (χ3v) is 20.6. The number of hydrogen-bond acceptors (Lipinski definition) is 0. The Morgan fingerprint density at radius 3 is 1.59 bits per heavy atom. The first-order valence-electron chi connectivity index (χ1n) is 14.8. The molecule has 5 aromatic rings. The fourth-order valence-electron chi connectivity index (χ4n) is 6.79. The second-order valence-electron chi connectivity index (χ2n) is 13.1. The molecule has 210 valence electrons. The van der Waals surface area contributed by atoms with E-state index in [-0.39, 0.29) is 5.41 Å². The van der Waals surface area contributed by atoms with E-state index in [1.165, 1.54) is 66.5 Å². The number of aryl methyl sites for hydroxylation is 8. The van der Waals surface area contributed by atoms with Crippen LogP contribution >= 0.6 is 0 Å². The number of rotatable bonds is 4. The average Bonchev–Trinajstić information content (AvgIpc) is 2.87. The molecule has 0 aliphatic heterocycles. The summed E-state index contributed by atoms with van der Waals surface area (Å²) in [5.74, 6) is 0. The summed E-state index contributed by atoms with van der Waals surface area (Å²) < 4.78 is 7.14. The summed E-state index contributed by atoms with van der Waals surface area (Å²) in [5, 5.41) is 2.73. The molecule has 1 nitrogen and oxygen atoms in total. The maximum atomic E-state index is 2.55. The molecule has 0 unspecified atom stereocenters. The van der Waals surface area contributed by atoms with Gasteiger partial charge in [0.15, 0.2) is 0 Å². The predicted molar refractivity (Wildman–Crippen MR) is 180 cm³/mol. The summed E-state index contributed by atoms with van der Waals surface area (Å²) in [4.78, 5) is 0. The van der Waals surface area contributed by atoms with E-state index < -0.39 is 21.8 Å². The third-order valence-electron chi connectivity index (χ3n) is 8.51. The van der Waals surface area contributed by atoms with Crippen LogP contribution < -0.4 is 14.4 Å². The standard InChI is InChI=1S/C21H23N.2C9H11.Bi/c1-15-16-10-6-7-11-17(16)19(21(2,3)4)14-18(15)20-12-8-9-13-22(20)5;2*1-7-4-8(2)6-9(3)5-7;/h6-7,9-14H,1-5H3;2*4-5H,1-3H3;/q+1;;;. The predicted octanol–water partition coefficient (Wildman–Crippen LogP) is 7.30. The van der Waals surface area contributed by atoms with Crippen molar-refractivity contribution in [2.45, 2.75) is 74.7 Å². The van der Waals surface area contributed by atoms with Gasteiger partial charge in [0.05, 0.1) is 0 Å². The van der Waals surface area contributed by atoms with Gasteiger partial charge in [-0.3, -0.25) is 0 Å². The van der Waals surface area contributed by atoms with E-state index in [0.29, 0.717) is 0 Å². The SMILES string of the molecule is Cc1cc(C)[c]([Bi]([c]2cc[n+](C)c(-c3cc(C(C)(C)C)c4ccccc4c3C)c2)[c]2c(C)cc(C)cc2C)c(C)c1. The van der Waals surface area contributed by atoms with Gasteiger partial charge in [-0.05, 0) is 0 Å². The monoisotopic (exact) mass is 736 g/mol. The zero-order valence-electron chi connectivity index (χ0n) is 26.8. The zero-order chi connectivity index (χ0) is 29.8. The van der Waals surface area contributed by atoms with Crippen molar-refractivity contribution in [3.8, 4) is 11.3 Å². The molecule has 0 saturated heterocycles. The normalized spacial score (nSPS) is 12.0. The Morgan fingerprint density at radius 2 is 1.10 bits per heavy atom.